The molecule has 92 valence electrons. The van der Waals surface area contributed by atoms with Crippen LogP contribution in [-0.4, -0.2) is 17.4 Å². The average Bonchev–Trinajstić information content (AvgIpc) is 2.34. The second-order valence-corrected chi connectivity index (χ2v) is 3.55. The van der Waals surface area contributed by atoms with Gasteiger partial charge in [-0.05, 0) is 12.0 Å². The van der Waals surface area contributed by atoms with Crippen LogP contribution in [0.2, 0.25) is 0 Å². The van der Waals surface area contributed by atoms with Crippen molar-refractivity contribution in [1.82, 2.24) is 5.32 Å². The highest BCUT2D eigenvalue weighted by Gasteiger charge is 2.03. The summed E-state index contributed by atoms with van der Waals surface area (Å²) < 4.78 is 0. The molecule has 0 saturated heterocycles. The summed E-state index contributed by atoms with van der Waals surface area (Å²) in [5.41, 5.74) is 6.58. The first-order chi connectivity index (χ1) is 8.13. The quantitative estimate of drug-likeness (QED) is 0.350. The standard InChI is InChI=1S/C11H16N4O2/c1-2-7-13-11(12)14-8-9-3-5-10(6-4-9)15(16)17/h3-6H,2,7-8H2,1H3,(H3,12,13,14). The molecule has 0 spiro atoms. The Balaban J connectivity index is 2.54. The highest BCUT2D eigenvalue weighted by atomic mass is 16.6. The molecule has 3 N–H and O–H groups in total. The Morgan fingerprint density at radius 3 is 2.65 bits per heavy atom. The third-order valence-corrected chi connectivity index (χ3v) is 2.14. The number of aliphatic imine (C=N–C) groups is 1. The highest BCUT2D eigenvalue weighted by Crippen LogP contribution is 2.12. The first-order valence-corrected chi connectivity index (χ1v) is 5.40. The molecular weight excluding hydrogens is 220 g/mol. The lowest BCUT2D eigenvalue weighted by atomic mass is 10.2. The molecule has 0 atom stereocenters. The van der Waals surface area contributed by atoms with E-state index in [2.05, 4.69) is 10.3 Å². The number of hydrogen-bond acceptors (Lipinski definition) is 3. The molecule has 6 heteroatoms. The van der Waals surface area contributed by atoms with Crippen molar-refractivity contribution in [2.45, 2.75) is 19.9 Å². The molecule has 0 unspecified atom stereocenters. The van der Waals surface area contributed by atoms with Crippen LogP contribution < -0.4 is 11.1 Å². The zero-order valence-electron chi connectivity index (χ0n) is 9.72. The van der Waals surface area contributed by atoms with E-state index in [9.17, 15) is 10.1 Å². The first kappa shape index (κ1) is 13.0. The van der Waals surface area contributed by atoms with Crippen molar-refractivity contribution in [2.24, 2.45) is 10.7 Å². The summed E-state index contributed by atoms with van der Waals surface area (Å²) in [6, 6.07) is 6.27. The van der Waals surface area contributed by atoms with Gasteiger partial charge in [-0.1, -0.05) is 19.1 Å². The number of guanidine groups is 1. The Labute approximate surface area is 99.7 Å². The van der Waals surface area contributed by atoms with Gasteiger partial charge in [0.05, 0.1) is 11.5 Å². The molecule has 1 aromatic carbocycles. The third-order valence-electron chi connectivity index (χ3n) is 2.14. The zero-order chi connectivity index (χ0) is 12.7. The predicted octanol–water partition coefficient (Wildman–Crippen LogP) is 1.41. The summed E-state index contributed by atoms with van der Waals surface area (Å²) >= 11 is 0. The lowest BCUT2D eigenvalue weighted by Gasteiger charge is -2.03. The fourth-order valence-corrected chi connectivity index (χ4v) is 1.21. The number of non-ortho nitro benzene ring substituents is 1. The second-order valence-electron chi connectivity index (χ2n) is 3.55. The van der Waals surface area contributed by atoms with Crippen LogP contribution in [0, 0.1) is 10.1 Å². The van der Waals surface area contributed by atoms with Crippen molar-refractivity contribution in [2.75, 3.05) is 6.54 Å². The summed E-state index contributed by atoms with van der Waals surface area (Å²) in [5, 5.41) is 13.4. The largest absolute Gasteiger partial charge is 0.370 e. The Kier molecular flexibility index (Phi) is 4.93. The highest BCUT2D eigenvalue weighted by molar-refractivity contribution is 5.77. The van der Waals surface area contributed by atoms with E-state index in [1.807, 2.05) is 6.92 Å². The maximum Gasteiger partial charge on any atom is 0.269 e. The second kappa shape index (κ2) is 6.47. The number of rotatable bonds is 5. The van der Waals surface area contributed by atoms with Crippen LogP contribution in [0.4, 0.5) is 5.69 Å². The van der Waals surface area contributed by atoms with E-state index >= 15 is 0 Å². The monoisotopic (exact) mass is 236 g/mol. The molecule has 0 aromatic heterocycles. The van der Waals surface area contributed by atoms with Crippen molar-refractivity contribution in [3.63, 3.8) is 0 Å². The minimum absolute atomic E-state index is 0.0785. The van der Waals surface area contributed by atoms with Gasteiger partial charge in [-0.3, -0.25) is 10.1 Å². The smallest absolute Gasteiger partial charge is 0.269 e. The van der Waals surface area contributed by atoms with Gasteiger partial charge in [0.25, 0.3) is 5.69 Å². The summed E-state index contributed by atoms with van der Waals surface area (Å²) in [5.74, 6) is 0.394. The molecule has 0 saturated carbocycles. The molecule has 1 aromatic rings. The minimum atomic E-state index is -0.426. The van der Waals surface area contributed by atoms with Gasteiger partial charge in [-0.15, -0.1) is 0 Å². The number of nitro groups is 1. The van der Waals surface area contributed by atoms with Crippen LogP contribution in [0.3, 0.4) is 0 Å². The van der Waals surface area contributed by atoms with Crippen molar-refractivity contribution >= 4 is 11.6 Å². The SMILES string of the molecule is CCCNC(N)=NCc1ccc([N+](=O)[O-])cc1. The normalized spacial score (nSPS) is 11.2. The minimum Gasteiger partial charge on any atom is -0.370 e. The molecule has 0 aliphatic carbocycles. The van der Waals surface area contributed by atoms with E-state index in [0.717, 1.165) is 18.5 Å². The van der Waals surface area contributed by atoms with Gasteiger partial charge in [0.1, 0.15) is 0 Å². The van der Waals surface area contributed by atoms with E-state index < -0.39 is 4.92 Å². The maximum absolute atomic E-state index is 10.4. The number of nitrogens with two attached hydrogens (primary N) is 1. The molecular formula is C11H16N4O2. The van der Waals surface area contributed by atoms with Crippen LogP contribution in [-0.2, 0) is 6.54 Å². The van der Waals surface area contributed by atoms with Gasteiger partial charge in [-0.25, -0.2) is 4.99 Å². The molecule has 0 amide bonds. The number of nitro benzene ring substituents is 1. The molecule has 0 heterocycles. The van der Waals surface area contributed by atoms with Crippen LogP contribution >= 0.6 is 0 Å². The van der Waals surface area contributed by atoms with E-state index in [1.165, 1.54) is 12.1 Å². The van der Waals surface area contributed by atoms with Crippen molar-refractivity contribution < 1.29 is 4.92 Å². The fraction of sp³-hybridized carbons (Fsp3) is 0.364. The summed E-state index contributed by atoms with van der Waals surface area (Å²) in [4.78, 5) is 14.1. The maximum atomic E-state index is 10.4. The van der Waals surface area contributed by atoms with Gasteiger partial charge in [0.15, 0.2) is 5.96 Å². The van der Waals surface area contributed by atoms with Gasteiger partial charge in [-0.2, -0.15) is 0 Å². The molecule has 6 nitrogen and oxygen atoms in total. The van der Waals surface area contributed by atoms with Crippen molar-refractivity contribution in [3.8, 4) is 0 Å². The zero-order valence-corrected chi connectivity index (χ0v) is 9.72. The molecule has 0 aliphatic rings. The van der Waals surface area contributed by atoms with Crippen LogP contribution in [0.25, 0.3) is 0 Å². The predicted molar refractivity (Wildman–Crippen MR) is 66.7 cm³/mol. The Bertz CT molecular complexity index is 400. The van der Waals surface area contributed by atoms with E-state index in [4.69, 9.17) is 5.73 Å². The lowest BCUT2D eigenvalue weighted by molar-refractivity contribution is -0.384. The van der Waals surface area contributed by atoms with Crippen LogP contribution in [0.5, 0.6) is 0 Å². The van der Waals surface area contributed by atoms with Crippen molar-refractivity contribution in [1.29, 1.82) is 0 Å². The van der Waals surface area contributed by atoms with Gasteiger partial charge in [0.2, 0.25) is 0 Å². The topological polar surface area (TPSA) is 93.5 Å². The van der Waals surface area contributed by atoms with E-state index in [1.54, 1.807) is 12.1 Å². The Morgan fingerprint density at radius 2 is 2.12 bits per heavy atom. The van der Waals surface area contributed by atoms with Crippen LogP contribution in [0.15, 0.2) is 29.3 Å². The fourth-order valence-electron chi connectivity index (χ4n) is 1.21. The summed E-state index contributed by atoms with van der Waals surface area (Å²) in [6.45, 7) is 3.24. The lowest BCUT2D eigenvalue weighted by Crippen LogP contribution is -2.32. The number of nitrogens with one attached hydrogen (secondary N) is 1. The van der Waals surface area contributed by atoms with E-state index in [0.29, 0.717) is 12.5 Å². The molecule has 0 fully saturated rings. The number of benzene rings is 1. The Hall–Kier alpha value is -2.11. The molecule has 0 aliphatic heterocycles. The average molecular weight is 236 g/mol. The first-order valence-electron chi connectivity index (χ1n) is 5.40. The molecule has 0 radical (unpaired) electrons. The van der Waals surface area contributed by atoms with Crippen LogP contribution in [0.1, 0.15) is 18.9 Å². The third kappa shape index (κ3) is 4.50. The molecule has 1 rings (SSSR count). The van der Waals surface area contributed by atoms with Gasteiger partial charge < -0.3 is 11.1 Å². The van der Waals surface area contributed by atoms with Gasteiger partial charge >= 0.3 is 0 Å². The van der Waals surface area contributed by atoms with Gasteiger partial charge in [0, 0.05) is 18.7 Å². The molecule has 17 heavy (non-hydrogen) atoms. The summed E-state index contributed by atoms with van der Waals surface area (Å²) in [6.07, 6.45) is 0.980. The Morgan fingerprint density at radius 1 is 1.47 bits per heavy atom. The van der Waals surface area contributed by atoms with Crippen molar-refractivity contribution in [3.05, 3.63) is 39.9 Å². The van der Waals surface area contributed by atoms with E-state index in [-0.39, 0.29) is 5.69 Å². The summed E-state index contributed by atoms with van der Waals surface area (Å²) in [7, 11) is 0. The number of hydrogen-bond donors (Lipinski definition) is 2. The number of nitrogens with zero attached hydrogens (tertiary/aromatic N) is 2. The molecule has 0 bridgehead atoms.